The third-order valence-corrected chi connectivity index (χ3v) is 7.02. The Kier molecular flexibility index (Phi) is 6.70. The number of nitrogens with one attached hydrogen (secondary N) is 1. The van der Waals surface area contributed by atoms with Crippen LogP contribution in [0.4, 0.5) is 4.39 Å². The van der Waals surface area contributed by atoms with E-state index in [1.54, 1.807) is 16.4 Å². The van der Waals surface area contributed by atoms with Crippen LogP contribution in [0.2, 0.25) is 0 Å². The van der Waals surface area contributed by atoms with Crippen LogP contribution in [-0.4, -0.2) is 38.3 Å². The molecule has 1 heterocycles. The number of nitrogens with zero attached hydrogens (tertiary/aromatic N) is 1. The Bertz CT molecular complexity index is 950. The van der Waals surface area contributed by atoms with E-state index in [0.717, 1.165) is 12.0 Å². The van der Waals surface area contributed by atoms with Crippen LogP contribution in [-0.2, 0) is 16.4 Å². The van der Waals surface area contributed by atoms with Gasteiger partial charge in [-0.25, -0.2) is 12.8 Å². The molecular formula is C22H27FN2O3S. The van der Waals surface area contributed by atoms with Gasteiger partial charge in [0.1, 0.15) is 5.82 Å². The monoisotopic (exact) mass is 418 g/mol. The average Bonchev–Trinajstić information content (AvgIpc) is 2.67. The molecule has 1 saturated heterocycles. The lowest BCUT2D eigenvalue weighted by Gasteiger charge is -2.34. The minimum atomic E-state index is -3.56. The van der Waals surface area contributed by atoms with Gasteiger partial charge in [-0.05, 0) is 66.6 Å². The summed E-state index contributed by atoms with van der Waals surface area (Å²) in [6.45, 7) is 5.54. The van der Waals surface area contributed by atoms with Crippen LogP contribution in [0.25, 0.3) is 0 Å². The number of carbonyl (C=O) groups is 1. The number of carbonyl (C=O) groups excluding carboxylic acids is 1. The second-order valence-electron chi connectivity index (χ2n) is 7.93. The molecule has 2 unspecified atom stereocenters. The average molecular weight is 419 g/mol. The Hall–Kier alpha value is -2.25. The molecule has 0 saturated carbocycles. The summed E-state index contributed by atoms with van der Waals surface area (Å²) in [5.41, 5.74) is 1.19. The minimum absolute atomic E-state index is 0.204. The number of hydrogen-bond donors (Lipinski definition) is 1. The van der Waals surface area contributed by atoms with Gasteiger partial charge in [-0.1, -0.05) is 26.0 Å². The van der Waals surface area contributed by atoms with E-state index in [1.165, 1.54) is 36.4 Å². The van der Waals surface area contributed by atoms with Crippen LogP contribution in [0.3, 0.4) is 0 Å². The second-order valence-corrected chi connectivity index (χ2v) is 9.87. The molecule has 2 aromatic carbocycles. The molecule has 7 heteroatoms. The molecule has 1 N–H and O–H groups in total. The van der Waals surface area contributed by atoms with Crippen LogP contribution in [0, 0.1) is 17.7 Å². The molecular weight excluding hydrogens is 391 g/mol. The number of rotatable bonds is 6. The lowest BCUT2D eigenvalue weighted by molar-refractivity contribution is 0.0954. The zero-order chi connectivity index (χ0) is 21.0. The SMILES string of the molecule is CC1CC(C)CN(S(=O)(=O)c2ccc(C(=O)NCCc3cccc(F)c3)cc2)C1. The first kappa shape index (κ1) is 21.5. The van der Waals surface area contributed by atoms with Crippen molar-refractivity contribution in [3.05, 3.63) is 65.5 Å². The van der Waals surface area contributed by atoms with Crippen LogP contribution < -0.4 is 5.32 Å². The number of halogens is 1. The van der Waals surface area contributed by atoms with E-state index in [2.05, 4.69) is 19.2 Å². The van der Waals surface area contributed by atoms with Crippen LogP contribution in [0.5, 0.6) is 0 Å². The van der Waals surface area contributed by atoms with Crippen molar-refractivity contribution in [2.45, 2.75) is 31.6 Å². The lowest BCUT2D eigenvalue weighted by Crippen LogP contribution is -2.42. The molecule has 1 fully saturated rings. The highest BCUT2D eigenvalue weighted by molar-refractivity contribution is 7.89. The highest BCUT2D eigenvalue weighted by atomic mass is 32.2. The van der Waals surface area contributed by atoms with Gasteiger partial charge in [-0.2, -0.15) is 4.31 Å². The molecule has 0 spiro atoms. The van der Waals surface area contributed by atoms with Crippen molar-refractivity contribution in [1.29, 1.82) is 0 Å². The van der Waals surface area contributed by atoms with Crippen LogP contribution in [0.1, 0.15) is 36.2 Å². The number of piperidine rings is 1. The first-order valence-electron chi connectivity index (χ1n) is 9.88. The van der Waals surface area contributed by atoms with Crippen molar-refractivity contribution < 1.29 is 17.6 Å². The number of amides is 1. The Morgan fingerprint density at radius 3 is 2.38 bits per heavy atom. The summed E-state index contributed by atoms with van der Waals surface area (Å²) < 4.78 is 40.6. The number of hydrogen-bond acceptors (Lipinski definition) is 3. The molecule has 5 nitrogen and oxygen atoms in total. The van der Waals surface area contributed by atoms with E-state index in [-0.39, 0.29) is 16.6 Å². The molecule has 1 amide bonds. The summed E-state index contributed by atoms with van der Waals surface area (Å²) in [5.74, 6) is 0.0713. The topological polar surface area (TPSA) is 66.5 Å². The summed E-state index contributed by atoms with van der Waals surface area (Å²) in [7, 11) is -3.56. The summed E-state index contributed by atoms with van der Waals surface area (Å²) in [5, 5.41) is 2.78. The summed E-state index contributed by atoms with van der Waals surface area (Å²) in [6.07, 6.45) is 1.54. The zero-order valence-corrected chi connectivity index (χ0v) is 17.6. The van der Waals surface area contributed by atoms with Crippen LogP contribution >= 0.6 is 0 Å². The van der Waals surface area contributed by atoms with Crippen molar-refractivity contribution in [2.75, 3.05) is 19.6 Å². The van der Waals surface area contributed by atoms with E-state index in [1.807, 2.05) is 0 Å². The fraction of sp³-hybridized carbons (Fsp3) is 0.409. The Labute approximate surface area is 172 Å². The molecule has 0 bridgehead atoms. The number of sulfonamides is 1. The van der Waals surface area contributed by atoms with Crippen molar-refractivity contribution in [1.82, 2.24) is 9.62 Å². The summed E-state index contributed by atoms with van der Waals surface area (Å²) >= 11 is 0. The van der Waals surface area contributed by atoms with Gasteiger partial charge in [-0.15, -0.1) is 0 Å². The Balaban J connectivity index is 1.61. The fourth-order valence-corrected chi connectivity index (χ4v) is 5.52. The van der Waals surface area contributed by atoms with Crippen LogP contribution in [0.15, 0.2) is 53.4 Å². The first-order valence-corrected chi connectivity index (χ1v) is 11.3. The molecule has 156 valence electrons. The predicted octanol–water partition coefficient (Wildman–Crippen LogP) is 3.46. The maximum atomic E-state index is 13.2. The second kappa shape index (κ2) is 9.05. The van der Waals surface area contributed by atoms with Gasteiger partial charge in [0.25, 0.3) is 5.91 Å². The predicted molar refractivity (Wildman–Crippen MR) is 111 cm³/mol. The standard InChI is InChI=1S/C22H27FN2O3S/c1-16-12-17(2)15-25(14-16)29(27,28)21-8-6-19(7-9-21)22(26)24-11-10-18-4-3-5-20(23)13-18/h3-9,13,16-17H,10-12,14-15H2,1-2H3,(H,24,26). The smallest absolute Gasteiger partial charge is 0.251 e. The molecule has 1 aliphatic rings. The molecule has 1 aliphatic heterocycles. The van der Waals surface area contributed by atoms with Gasteiger partial charge in [-0.3, -0.25) is 4.79 Å². The van der Waals surface area contributed by atoms with Crippen molar-refractivity contribution in [3.8, 4) is 0 Å². The van der Waals surface area contributed by atoms with Gasteiger partial charge >= 0.3 is 0 Å². The van der Waals surface area contributed by atoms with E-state index < -0.39 is 10.0 Å². The fourth-order valence-electron chi connectivity index (χ4n) is 3.84. The minimum Gasteiger partial charge on any atom is -0.352 e. The lowest BCUT2D eigenvalue weighted by atomic mass is 9.94. The third-order valence-electron chi connectivity index (χ3n) is 5.18. The maximum absolute atomic E-state index is 13.2. The Morgan fingerprint density at radius 1 is 1.10 bits per heavy atom. The highest BCUT2D eigenvalue weighted by Gasteiger charge is 2.31. The van der Waals surface area contributed by atoms with Gasteiger partial charge in [0.15, 0.2) is 0 Å². The largest absolute Gasteiger partial charge is 0.352 e. The molecule has 29 heavy (non-hydrogen) atoms. The van der Waals surface area contributed by atoms with E-state index in [9.17, 15) is 17.6 Å². The third kappa shape index (κ3) is 5.42. The highest BCUT2D eigenvalue weighted by Crippen LogP contribution is 2.26. The molecule has 2 atom stereocenters. The zero-order valence-electron chi connectivity index (χ0n) is 16.8. The van der Waals surface area contributed by atoms with E-state index in [0.29, 0.717) is 43.5 Å². The van der Waals surface area contributed by atoms with Crippen molar-refractivity contribution >= 4 is 15.9 Å². The Morgan fingerprint density at radius 2 is 1.76 bits per heavy atom. The molecule has 2 aromatic rings. The summed E-state index contributed by atoms with van der Waals surface area (Å²) in [6, 6.07) is 12.3. The van der Waals surface area contributed by atoms with Gasteiger partial charge in [0, 0.05) is 25.2 Å². The molecule has 0 radical (unpaired) electrons. The van der Waals surface area contributed by atoms with Crippen molar-refractivity contribution in [3.63, 3.8) is 0 Å². The molecule has 0 aromatic heterocycles. The van der Waals surface area contributed by atoms with Gasteiger partial charge < -0.3 is 5.32 Å². The number of benzene rings is 2. The molecule has 0 aliphatic carbocycles. The quantitative estimate of drug-likeness (QED) is 0.781. The van der Waals surface area contributed by atoms with Gasteiger partial charge in [0.05, 0.1) is 4.90 Å². The normalized spacial score (nSPS) is 20.4. The molecule has 3 rings (SSSR count). The van der Waals surface area contributed by atoms with Gasteiger partial charge in [0.2, 0.25) is 10.0 Å². The van der Waals surface area contributed by atoms with Crippen molar-refractivity contribution in [2.24, 2.45) is 11.8 Å². The first-order chi connectivity index (χ1) is 13.8. The maximum Gasteiger partial charge on any atom is 0.251 e. The van der Waals surface area contributed by atoms with E-state index in [4.69, 9.17) is 0 Å². The summed E-state index contributed by atoms with van der Waals surface area (Å²) in [4.78, 5) is 12.5. The van der Waals surface area contributed by atoms with E-state index >= 15 is 0 Å².